The van der Waals surface area contributed by atoms with E-state index in [0.717, 1.165) is 0 Å². The summed E-state index contributed by atoms with van der Waals surface area (Å²) in [6, 6.07) is 4.52. The molecule has 0 atom stereocenters. The van der Waals surface area contributed by atoms with Gasteiger partial charge in [0.1, 0.15) is 4.60 Å². The van der Waals surface area contributed by atoms with Crippen LogP contribution in [0.25, 0.3) is 5.65 Å². The van der Waals surface area contributed by atoms with Crippen LogP contribution in [0.1, 0.15) is 0 Å². The summed E-state index contributed by atoms with van der Waals surface area (Å²) in [6.07, 6.45) is 5.07. The van der Waals surface area contributed by atoms with E-state index in [1.807, 2.05) is 0 Å². The van der Waals surface area contributed by atoms with Crippen molar-refractivity contribution in [3.8, 4) is 11.6 Å². The highest BCUT2D eigenvalue weighted by Crippen LogP contribution is 2.30. The van der Waals surface area contributed by atoms with Crippen molar-refractivity contribution in [2.24, 2.45) is 0 Å². The van der Waals surface area contributed by atoms with Gasteiger partial charge < -0.3 is 4.74 Å². The van der Waals surface area contributed by atoms with Gasteiger partial charge in [-0.3, -0.25) is 4.40 Å². The molecule has 4 nitrogen and oxygen atoms in total. The van der Waals surface area contributed by atoms with E-state index in [2.05, 4.69) is 25.9 Å². The maximum Gasteiger partial charge on any atom is 0.265 e. The highest BCUT2D eigenvalue weighted by Gasteiger charge is 2.13. The van der Waals surface area contributed by atoms with Crippen LogP contribution in [0.5, 0.6) is 11.6 Å². The third-order valence-electron chi connectivity index (χ3n) is 2.44. The van der Waals surface area contributed by atoms with Crippen LogP contribution in [-0.4, -0.2) is 14.4 Å². The molecule has 0 fully saturated rings. The van der Waals surface area contributed by atoms with Crippen LogP contribution in [0.2, 0.25) is 5.02 Å². The summed E-state index contributed by atoms with van der Waals surface area (Å²) in [4.78, 5) is 8.25. The summed E-state index contributed by atoms with van der Waals surface area (Å²) in [5.41, 5.74) is 0.488. The van der Waals surface area contributed by atoms with Gasteiger partial charge in [0, 0.05) is 18.6 Å². The standard InChI is InChI=1S/C12H6BrClFN3O/c13-9-6-18-5-4-16-11(18)12(17-9)19-8-3-1-2-7(14)10(8)15/h1-6H. The molecule has 19 heavy (non-hydrogen) atoms. The first-order valence-electron chi connectivity index (χ1n) is 5.26. The largest absolute Gasteiger partial charge is 0.433 e. The number of halogens is 3. The lowest BCUT2D eigenvalue weighted by Crippen LogP contribution is -1.96. The van der Waals surface area contributed by atoms with Crippen LogP contribution >= 0.6 is 27.5 Å². The zero-order valence-corrected chi connectivity index (χ0v) is 11.7. The molecule has 0 aliphatic heterocycles. The number of hydrogen-bond donors (Lipinski definition) is 0. The van der Waals surface area contributed by atoms with E-state index in [9.17, 15) is 4.39 Å². The first-order chi connectivity index (χ1) is 9.15. The summed E-state index contributed by atoms with van der Waals surface area (Å²) >= 11 is 8.96. The van der Waals surface area contributed by atoms with Crippen LogP contribution in [0.3, 0.4) is 0 Å². The smallest absolute Gasteiger partial charge is 0.265 e. The number of imidazole rings is 1. The van der Waals surface area contributed by atoms with Gasteiger partial charge in [0.15, 0.2) is 11.6 Å². The summed E-state index contributed by atoms with van der Waals surface area (Å²) < 4.78 is 21.5. The van der Waals surface area contributed by atoms with Gasteiger partial charge in [-0.2, -0.15) is 0 Å². The number of ether oxygens (including phenoxy) is 1. The molecule has 3 aromatic rings. The Balaban J connectivity index is 2.10. The fourth-order valence-electron chi connectivity index (χ4n) is 1.61. The van der Waals surface area contributed by atoms with Crippen LogP contribution in [0.4, 0.5) is 4.39 Å². The van der Waals surface area contributed by atoms with E-state index in [-0.39, 0.29) is 16.7 Å². The first-order valence-corrected chi connectivity index (χ1v) is 6.43. The molecular weight excluding hydrogens is 337 g/mol. The number of aromatic nitrogens is 3. The van der Waals surface area contributed by atoms with Crippen molar-refractivity contribution in [1.29, 1.82) is 0 Å². The van der Waals surface area contributed by atoms with Gasteiger partial charge in [0.25, 0.3) is 5.88 Å². The zero-order chi connectivity index (χ0) is 13.4. The van der Waals surface area contributed by atoms with Crippen molar-refractivity contribution in [2.45, 2.75) is 0 Å². The molecule has 0 bridgehead atoms. The van der Waals surface area contributed by atoms with Crippen molar-refractivity contribution < 1.29 is 9.13 Å². The molecule has 96 valence electrons. The molecule has 0 radical (unpaired) electrons. The molecule has 0 unspecified atom stereocenters. The second-order valence-corrected chi connectivity index (χ2v) is 4.90. The number of fused-ring (bicyclic) bond motifs is 1. The van der Waals surface area contributed by atoms with Gasteiger partial charge in [-0.15, -0.1) is 0 Å². The Kier molecular flexibility index (Phi) is 3.12. The molecule has 2 aromatic heterocycles. The summed E-state index contributed by atoms with van der Waals surface area (Å²) in [5.74, 6) is -0.431. The van der Waals surface area contributed by atoms with Gasteiger partial charge in [0.2, 0.25) is 5.65 Å². The molecule has 0 spiro atoms. The van der Waals surface area contributed by atoms with Gasteiger partial charge in [0.05, 0.1) is 5.02 Å². The predicted molar refractivity (Wildman–Crippen MR) is 72.2 cm³/mol. The van der Waals surface area contributed by atoms with E-state index in [1.54, 1.807) is 29.1 Å². The predicted octanol–water partition coefficient (Wildman–Crippen LogP) is 4.08. The normalized spacial score (nSPS) is 10.9. The Labute approximate surface area is 120 Å². The van der Waals surface area contributed by atoms with Crippen LogP contribution < -0.4 is 4.74 Å². The average Bonchev–Trinajstić information content (AvgIpc) is 2.83. The zero-order valence-electron chi connectivity index (χ0n) is 9.35. The van der Waals surface area contributed by atoms with Gasteiger partial charge in [-0.1, -0.05) is 17.7 Å². The van der Waals surface area contributed by atoms with Gasteiger partial charge in [-0.25, -0.2) is 14.4 Å². The fraction of sp³-hybridized carbons (Fsp3) is 0. The number of benzene rings is 1. The minimum atomic E-state index is -0.629. The Hall–Kier alpha value is -1.66. The third-order valence-corrected chi connectivity index (χ3v) is 3.11. The molecule has 0 saturated carbocycles. The SMILES string of the molecule is Fc1c(Cl)cccc1Oc1nc(Br)cn2ccnc12. The van der Waals surface area contributed by atoms with Gasteiger partial charge in [-0.05, 0) is 28.1 Å². The van der Waals surface area contributed by atoms with E-state index in [0.29, 0.717) is 10.3 Å². The Morgan fingerprint density at radius 1 is 1.37 bits per heavy atom. The second-order valence-electron chi connectivity index (χ2n) is 3.68. The summed E-state index contributed by atoms with van der Waals surface area (Å²) in [6.45, 7) is 0. The summed E-state index contributed by atoms with van der Waals surface area (Å²) in [5, 5.41) is -0.00754. The molecular formula is C12H6BrClFN3O. The lowest BCUT2D eigenvalue weighted by molar-refractivity contribution is 0.428. The Bertz CT molecular complexity index is 762. The number of hydrogen-bond acceptors (Lipinski definition) is 3. The monoisotopic (exact) mass is 341 g/mol. The molecule has 2 heterocycles. The molecule has 3 rings (SSSR count). The Morgan fingerprint density at radius 2 is 2.21 bits per heavy atom. The van der Waals surface area contributed by atoms with Crippen molar-refractivity contribution in [3.05, 3.63) is 52.2 Å². The average molecular weight is 343 g/mol. The van der Waals surface area contributed by atoms with Crippen LogP contribution in [0.15, 0.2) is 41.4 Å². The molecule has 0 saturated heterocycles. The van der Waals surface area contributed by atoms with Crippen molar-refractivity contribution in [1.82, 2.24) is 14.4 Å². The topological polar surface area (TPSA) is 39.4 Å². The van der Waals surface area contributed by atoms with Crippen LogP contribution in [0, 0.1) is 5.82 Å². The lowest BCUT2D eigenvalue weighted by Gasteiger charge is -2.08. The quantitative estimate of drug-likeness (QED) is 0.704. The summed E-state index contributed by atoms with van der Waals surface area (Å²) in [7, 11) is 0. The van der Waals surface area contributed by atoms with Crippen molar-refractivity contribution in [3.63, 3.8) is 0 Å². The highest BCUT2D eigenvalue weighted by molar-refractivity contribution is 9.10. The van der Waals surface area contributed by atoms with E-state index in [1.165, 1.54) is 12.1 Å². The molecule has 0 aliphatic carbocycles. The number of rotatable bonds is 2. The van der Waals surface area contributed by atoms with Crippen molar-refractivity contribution >= 4 is 33.2 Å². The minimum absolute atomic E-state index is 0.00278. The second kappa shape index (κ2) is 4.79. The Morgan fingerprint density at radius 3 is 3.05 bits per heavy atom. The molecule has 1 aromatic carbocycles. The van der Waals surface area contributed by atoms with Crippen molar-refractivity contribution in [2.75, 3.05) is 0 Å². The third kappa shape index (κ3) is 2.29. The molecule has 0 amide bonds. The van der Waals surface area contributed by atoms with E-state index < -0.39 is 5.82 Å². The lowest BCUT2D eigenvalue weighted by atomic mass is 10.3. The highest BCUT2D eigenvalue weighted by atomic mass is 79.9. The first kappa shape index (κ1) is 12.4. The molecule has 7 heteroatoms. The van der Waals surface area contributed by atoms with Crippen LogP contribution in [-0.2, 0) is 0 Å². The minimum Gasteiger partial charge on any atom is -0.433 e. The van der Waals surface area contributed by atoms with E-state index >= 15 is 0 Å². The molecule has 0 aliphatic rings. The van der Waals surface area contributed by atoms with E-state index in [4.69, 9.17) is 16.3 Å². The molecule has 0 N–H and O–H groups in total. The number of nitrogens with zero attached hydrogens (tertiary/aromatic N) is 3. The maximum absolute atomic E-state index is 13.8. The van der Waals surface area contributed by atoms with Gasteiger partial charge >= 0.3 is 0 Å². The maximum atomic E-state index is 13.8. The fourth-order valence-corrected chi connectivity index (χ4v) is 2.16.